The van der Waals surface area contributed by atoms with Gasteiger partial charge in [0.2, 0.25) is 11.8 Å². The van der Waals surface area contributed by atoms with Gasteiger partial charge in [-0.05, 0) is 18.2 Å². The summed E-state index contributed by atoms with van der Waals surface area (Å²) < 4.78 is 5.87. The summed E-state index contributed by atoms with van der Waals surface area (Å²) in [5.74, 6) is -0.0730. The second kappa shape index (κ2) is 9.00. The van der Waals surface area contributed by atoms with E-state index in [2.05, 4.69) is 0 Å². The Labute approximate surface area is 177 Å². The lowest BCUT2D eigenvalue weighted by molar-refractivity contribution is -0.387. The molecule has 1 aromatic heterocycles. The predicted octanol–water partition coefficient (Wildman–Crippen LogP) is 3.75. The number of rotatable bonds is 8. The summed E-state index contributed by atoms with van der Waals surface area (Å²) in [6.07, 6.45) is 0.708. The van der Waals surface area contributed by atoms with Crippen LogP contribution in [0, 0.1) is 10.1 Å². The zero-order valence-corrected chi connectivity index (χ0v) is 17.4. The Kier molecular flexibility index (Phi) is 6.41. The summed E-state index contributed by atoms with van der Waals surface area (Å²) >= 11 is 1.05. The third-order valence-corrected chi connectivity index (χ3v) is 5.76. The third kappa shape index (κ3) is 4.46. The molecule has 156 valence electrons. The van der Waals surface area contributed by atoms with E-state index < -0.39 is 10.8 Å². The molecule has 8 nitrogen and oxygen atoms in total. The molecule has 3 rings (SSSR count). The Morgan fingerprint density at radius 2 is 1.97 bits per heavy atom. The molecular weight excluding hydrogens is 406 g/mol. The molecule has 0 fully saturated rings. The number of thioether (sulfide) groups is 1. The number of hydrogen-bond donors (Lipinski definition) is 1. The van der Waals surface area contributed by atoms with Crippen LogP contribution in [0.2, 0.25) is 0 Å². The van der Waals surface area contributed by atoms with Crippen molar-refractivity contribution in [1.82, 2.24) is 4.90 Å². The van der Waals surface area contributed by atoms with Crippen molar-refractivity contribution in [2.45, 2.75) is 24.8 Å². The number of nitro groups is 1. The molecule has 2 N–H and O–H groups in total. The predicted molar refractivity (Wildman–Crippen MR) is 114 cm³/mol. The van der Waals surface area contributed by atoms with Crippen LogP contribution in [0.3, 0.4) is 0 Å². The topological polar surface area (TPSA) is 120 Å². The van der Waals surface area contributed by atoms with Crippen molar-refractivity contribution in [3.8, 4) is 0 Å². The molecule has 2 aromatic carbocycles. The number of carbonyl (C=O) groups excluding carboxylic acids is 2. The van der Waals surface area contributed by atoms with Crippen molar-refractivity contribution in [1.29, 1.82) is 0 Å². The van der Waals surface area contributed by atoms with Crippen LogP contribution in [-0.2, 0) is 17.8 Å². The summed E-state index contributed by atoms with van der Waals surface area (Å²) in [4.78, 5) is 36.5. The number of aryl methyl sites for hydroxylation is 1. The van der Waals surface area contributed by atoms with Crippen LogP contribution in [0.5, 0.6) is 0 Å². The minimum Gasteiger partial charge on any atom is -0.461 e. The molecule has 0 spiro atoms. The highest BCUT2D eigenvalue weighted by Gasteiger charge is 2.20. The Morgan fingerprint density at radius 1 is 1.23 bits per heavy atom. The lowest BCUT2D eigenvalue weighted by Crippen LogP contribution is -2.28. The molecule has 3 aromatic rings. The number of furan rings is 1. The fourth-order valence-corrected chi connectivity index (χ4v) is 4.06. The van der Waals surface area contributed by atoms with Crippen LogP contribution in [0.15, 0.2) is 51.8 Å². The molecule has 0 aliphatic rings. The quantitative estimate of drug-likeness (QED) is 0.332. The number of para-hydroxylation sites is 1. The Bertz CT molecular complexity index is 1130. The van der Waals surface area contributed by atoms with Crippen LogP contribution in [0.4, 0.5) is 5.69 Å². The molecule has 9 heteroatoms. The molecule has 0 saturated carbocycles. The van der Waals surface area contributed by atoms with Gasteiger partial charge in [-0.15, -0.1) is 11.8 Å². The smallest absolute Gasteiger partial charge is 0.283 e. The van der Waals surface area contributed by atoms with Gasteiger partial charge in [-0.2, -0.15) is 0 Å². The number of carbonyl (C=O) groups is 2. The average molecular weight is 427 g/mol. The van der Waals surface area contributed by atoms with Crippen LogP contribution in [0.1, 0.15) is 28.6 Å². The molecule has 0 bridgehead atoms. The van der Waals surface area contributed by atoms with Crippen molar-refractivity contribution < 1.29 is 18.9 Å². The van der Waals surface area contributed by atoms with Crippen molar-refractivity contribution in [2.24, 2.45) is 5.73 Å². The van der Waals surface area contributed by atoms with Gasteiger partial charge in [0.05, 0.1) is 15.6 Å². The van der Waals surface area contributed by atoms with Gasteiger partial charge in [-0.25, -0.2) is 0 Å². The minimum atomic E-state index is -0.746. The van der Waals surface area contributed by atoms with E-state index >= 15 is 0 Å². The van der Waals surface area contributed by atoms with E-state index in [0.29, 0.717) is 17.9 Å². The SMILES string of the molecule is CCc1oc2ccccc2c1CN(C)C(=O)CSc1ccc(C(N)=O)cc1[N+](=O)[O-]. The Hall–Kier alpha value is -3.33. The van der Waals surface area contributed by atoms with Crippen LogP contribution >= 0.6 is 11.8 Å². The van der Waals surface area contributed by atoms with Gasteiger partial charge in [0.1, 0.15) is 11.3 Å². The maximum atomic E-state index is 12.7. The molecule has 0 unspecified atom stereocenters. The van der Waals surface area contributed by atoms with Gasteiger partial charge in [-0.3, -0.25) is 19.7 Å². The summed E-state index contributed by atoms with van der Waals surface area (Å²) in [7, 11) is 1.69. The number of nitro benzene ring substituents is 1. The first-order valence-corrected chi connectivity index (χ1v) is 10.2. The Morgan fingerprint density at radius 3 is 2.63 bits per heavy atom. The number of primary amides is 1. The maximum absolute atomic E-state index is 12.7. The summed E-state index contributed by atoms with van der Waals surface area (Å²) in [6, 6.07) is 11.7. The lowest BCUT2D eigenvalue weighted by atomic mass is 10.1. The fourth-order valence-electron chi connectivity index (χ4n) is 3.12. The monoisotopic (exact) mass is 427 g/mol. The van der Waals surface area contributed by atoms with E-state index in [4.69, 9.17) is 10.2 Å². The molecule has 0 radical (unpaired) electrons. The molecule has 1 heterocycles. The number of nitrogens with two attached hydrogens (primary N) is 1. The fraction of sp³-hybridized carbons (Fsp3) is 0.238. The number of benzene rings is 2. The van der Waals surface area contributed by atoms with Crippen LogP contribution < -0.4 is 5.73 Å². The highest BCUT2D eigenvalue weighted by atomic mass is 32.2. The van der Waals surface area contributed by atoms with E-state index in [-0.39, 0.29) is 22.9 Å². The second-order valence-corrected chi connectivity index (χ2v) is 7.71. The highest BCUT2D eigenvalue weighted by molar-refractivity contribution is 8.00. The molecule has 30 heavy (non-hydrogen) atoms. The molecule has 0 atom stereocenters. The molecular formula is C21H21N3O5S. The number of nitrogens with zero attached hydrogens (tertiary/aromatic N) is 2. The molecule has 0 saturated heterocycles. The minimum absolute atomic E-state index is 0.0184. The van der Waals surface area contributed by atoms with Gasteiger partial charge in [-0.1, -0.05) is 25.1 Å². The first kappa shape index (κ1) is 21.4. The first-order valence-electron chi connectivity index (χ1n) is 9.26. The van der Waals surface area contributed by atoms with E-state index in [1.807, 2.05) is 31.2 Å². The number of hydrogen-bond acceptors (Lipinski definition) is 6. The molecule has 0 aliphatic carbocycles. The van der Waals surface area contributed by atoms with Gasteiger partial charge < -0.3 is 15.1 Å². The van der Waals surface area contributed by atoms with Crippen molar-refractivity contribution in [2.75, 3.05) is 12.8 Å². The van der Waals surface area contributed by atoms with Crippen molar-refractivity contribution >= 4 is 40.2 Å². The normalized spacial score (nSPS) is 10.9. The van der Waals surface area contributed by atoms with Crippen molar-refractivity contribution in [3.63, 3.8) is 0 Å². The number of amides is 2. The van der Waals surface area contributed by atoms with E-state index in [0.717, 1.165) is 40.1 Å². The zero-order chi connectivity index (χ0) is 21.8. The summed E-state index contributed by atoms with van der Waals surface area (Å²) in [6.45, 7) is 2.37. The highest BCUT2D eigenvalue weighted by Crippen LogP contribution is 2.31. The molecule has 2 amide bonds. The van der Waals surface area contributed by atoms with E-state index in [9.17, 15) is 19.7 Å². The molecule has 0 aliphatic heterocycles. The number of fused-ring (bicyclic) bond motifs is 1. The van der Waals surface area contributed by atoms with Crippen molar-refractivity contribution in [3.05, 3.63) is 69.5 Å². The van der Waals surface area contributed by atoms with Crippen LogP contribution in [0.25, 0.3) is 11.0 Å². The zero-order valence-electron chi connectivity index (χ0n) is 16.6. The van der Waals surface area contributed by atoms with Gasteiger partial charge in [0.25, 0.3) is 5.69 Å². The first-order chi connectivity index (χ1) is 14.3. The summed E-state index contributed by atoms with van der Waals surface area (Å²) in [5, 5.41) is 12.3. The van der Waals surface area contributed by atoms with E-state index in [1.54, 1.807) is 11.9 Å². The standard InChI is InChI=1S/C21H21N3O5S/c1-3-17-15(14-6-4-5-7-18(14)29-17)11-23(2)20(25)12-30-19-9-8-13(21(22)26)10-16(19)24(27)28/h4-10H,3,11-12H2,1-2H3,(H2,22,26). The van der Waals surface area contributed by atoms with Crippen LogP contribution in [-0.4, -0.2) is 34.4 Å². The lowest BCUT2D eigenvalue weighted by Gasteiger charge is -2.17. The van der Waals surface area contributed by atoms with Gasteiger partial charge in [0, 0.05) is 42.6 Å². The average Bonchev–Trinajstić information content (AvgIpc) is 3.09. The third-order valence-electron chi connectivity index (χ3n) is 4.72. The van der Waals surface area contributed by atoms with Gasteiger partial charge in [0.15, 0.2) is 0 Å². The largest absolute Gasteiger partial charge is 0.461 e. The van der Waals surface area contributed by atoms with E-state index in [1.165, 1.54) is 12.1 Å². The Balaban J connectivity index is 1.73. The second-order valence-electron chi connectivity index (χ2n) is 6.70. The summed E-state index contributed by atoms with van der Waals surface area (Å²) in [5.41, 5.74) is 6.73. The van der Waals surface area contributed by atoms with Gasteiger partial charge >= 0.3 is 0 Å². The maximum Gasteiger partial charge on any atom is 0.283 e.